The van der Waals surface area contributed by atoms with Gasteiger partial charge in [-0.05, 0) is 47.9 Å². The number of rotatable bonds is 4. The highest BCUT2D eigenvalue weighted by molar-refractivity contribution is 6.02. The number of nitrogens with zero attached hydrogens (tertiary/aromatic N) is 5. The average Bonchev–Trinajstić information content (AvgIpc) is 3.31. The number of H-pyrrole nitrogens is 1. The van der Waals surface area contributed by atoms with Crippen LogP contribution < -0.4 is 9.64 Å². The van der Waals surface area contributed by atoms with E-state index in [0.717, 1.165) is 50.1 Å². The molecule has 8 heteroatoms. The first-order valence-corrected chi connectivity index (χ1v) is 10.5. The van der Waals surface area contributed by atoms with Crippen LogP contribution in [0.25, 0.3) is 32.9 Å². The normalized spacial score (nSPS) is 14.2. The van der Waals surface area contributed by atoms with Crippen molar-refractivity contribution in [2.24, 2.45) is 0 Å². The SMILES string of the molecule is C=CC(=O)N1CCN(c2ncnc3cc(-c4c(C)ccc5[nH]ncc45)cc(OC)c23)CC1. The molecule has 1 amide bonds. The molecule has 1 N–H and O–H groups in total. The number of amides is 1. The fourth-order valence-corrected chi connectivity index (χ4v) is 4.46. The fourth-order valence-electron chi connectivity index (χ4n) is 4.46. The molecule has 0 atom stereocenters. The molecule has 3 heterocycles. The third-order valence-corrected chi connectivity index (χ3v) is 6.09. The van der Waals surface area contributed by atoms with E-state index in [1.165, 1.54) is 6.08 Å². The molecular weight excluding hydrogens is 404 g/mol. The molecule has 2 aromatic carbocycles. The molecule has 0 bridgehead atoms. The van der Waals surface area contributed by atoms with Crippen molar-refractivity contribution in [3.63, 3.8) is 0 Å². The molecule has 1 aliphatic rings. The predicted octanol–water partition coefficient (Wildman–Crippen LogP) is 3.32. The lowest BCUT2D eigenvalue weighted by atomic mass is 9.95. The first-order chi connectivity index (χ1) is 15.6. The molecule has 1 aliphatic heterocycles. The molecule has 1 saturated heterocycles. The smallest absolute Gasteiger partial charge is 0.246 e. The van der Waals surface area contributed by atoms with Crippen molar-refractivity contribution >= 4 is 33.5 Å². The Kier molecular flexibility index (Phi) is 4.97. The van der Waals surface area contributed by atoms with Crippen molar-refractivity contribution in [3.8, 4) is 16.9 Å². The second-order valence-electron chi connectivity index (χ2n) is 7.88. The van der Waals surface area contributed by atoms with Crippen molar-refractivity contribution < 1.29 is 9.53 Å². The number of carbonyl (C=O) groups is 1. The van der Waals surface area contributed by atoms with Gasteiger partial charge in [-0.15, -0.1) is 0 Å². The second-order valence-corrected chi connectivity index (χ2v) is 7.88. The van der Waals surface area contributed by atoms with Crippen molar-refractivity contribution in [2.45, 2.75) is 6.92 Å². The number of aryl methyl sites for hydroxylation is 1. The third kappa shape index (κ3) is 3.24. The molecule has 2 aromatic heterocycles. The number of aromatic amines is 1. The summed E-state index contributed by atoms with van der Waals surface area (Å²) in [7, 11) is 1.67. The summed E-state index contributed by atoms with van der Waals surface area (Å²) in [5, 5.41) is 9.19. The van der Waals surface area contributed by atoms with E-state index in [9.17, 15) is 4.79 Å². The summed E-state index contributed by atoms with van der Waals surface area (Å²) in [6.45, 7) is 8.29. The maximum atomic E-state index is 11.9. The van der Waals surface area contributed by atoms with Gasteiger partial charge in [0, 0.05) is 31.6 Å². The lowest BCUT2D eigenvalue weighted by Gasteiger charge is -2.35. The van der Waals surface area contributed by atoms with E-state index in [-0.39, 0.29) is 5.91 Å². The van der Waals surface area contributed by atoms with Crippen LogP contribution in [0.3, 0.4) is 0 Å². The Bertz CT molecular complexity index is 1340. The van der Waals surface area contributed by atoms with Gasteiger partial charge in [0.1, 0.15) is 17.9 Å². The van der Waals surface area contributed by atoms with Crippen molar-refractivity contribution in [3.05, 3.63) is 55.0 Å². The molecule has 0 spiro atoms. The summed E-state index contributed by atoms with van der Waals surface area (Å²) in [6.07, 6.45) is 4.81. The minimum atomic E-state index is -0.0387. The van der Waals surface area contributed by atoms with Gasteiger partial charge in [-0.3, -0.25) is 9.89 Å². The highest BCUT2D eigenvalue weighted by atomic mass is 16.5. The number of hydrogen-bond donors (Lipinski definition) is 1. The number of fused-ring (bicyclic) bond motifs is 2. The highest BCUT2D eigenvalue weighted by Gasteiger charge is 2.24. The van der Waals surface area contributed by atoms with E-state index >= 15 is 0 Å². The minimum Gasteiger partial charge on any atom is -0.496 e. The molecule has 4 aromatic rings. The lowest BCUT2D eigenvalue weighted by Crippen LogP contribution is -2.48. The van der Waals surface area contributed by atoms with Crippen molar-refractivity contribution in [1.82, 2.24) is 25.1 Å². The van der Waals surface area contributed by atoms with Crippen LogP contribution in [0.15, 0.2) is 49.4 Å². The molecular formula is C24H24N6O2. The number of piperazine rings is 1. The molecule has 0 aliphatic carbocycles. The Morgan fingerprint density at radius 1 is 1.19 bits per heavy atom. The van der Waals surface area contributed by atoms with Crippen molar-refractivity contribution in [1.29, 1.82) is 0 Å². The predicted molar refractivity (Wildman–Crippen MR) is 125 cm³/mol. The summed E-state index contributed by atoms with van der Waals surface area (Å²) in [6, 6.07) is 8.25. The van der Waals surface area contributed by atoms with Gasteiger partial charge in [0.2, 0.25) is 5.91 Å². The Morgan fingerprint density at radius 2 is 2.00 bits per heavy atom. The Hall–Kier alpha value is -3.94. The van der Waals surface area contributed by atoms with Crippen LogP contribution in [-0.4, -0.2) is 64.3 Å². The van der Waals surface area contributed by atoms with Crippen LogP contribution in [0.1, 0.15) is 5.56 Å². The summed E-state index contributed by atoms with van der Waals surface area (Å²) in [5.74, 6) is 1.50. The van der Waals surface area contributed by atoms with E-state index in [4.69, 9.17) is 4.74 Å². The molecule has 0 radical (unpaired) electrons. The minimum absolute atomic E-state index is 0.0387. The van der Waals surface area contributed by atoms with E-state index in [0.29, 0.717) is 26.2 Å². The zero-order chi connectivity index (χ0) is 22.2. The number of anilines is 1. The second kappa shape index (κ2) is 7.96. The van der Waals surface area contributed by atoms with Gasteiger partial charge in [0.25, 0.3) is 0 Å². The molecule has 8 nitrogen and oxygen atoms in total. The fraction of sp³-hybridized carbons (Fsp3) is 0.250. The van der Waals surface area contributed by atoms with Crippen LogP contribution in [0.5, 0.6) is 5.75 Å². The van der Waals surface area contributed by atoms with Gasteiger partial charge in [-0.1, -0.05) is 12.6 Å². The van der Waals surface area contributed by atoms with Crippen LogP contribution in [0, 0.1) is 6.92 Å². The number of benzene rings is 2. The molecule has 1 fully saturated rings. The van der Waals surface area contributed by atoms with Gasteiger partial charge >= 0.3 is 0 Å². The number of carbonyl (C=O) groups excluding carboxylic acids is 1. The Labute approximate surface area is 185 Å². The maximum absolute atomic E-state index is 11.9. The summed E-state index contributed by atoms with van der Waals surface area (Å²) >= 11 is 0. The first-order valence-electron chi connectivity index (χ1n) is 10.5. The standard InChI is InChI=1S/C24H24N6O2/c1-4-21(31)29-7-9-30(10-8-29)24-23-19(25-14-26-24)11-16(12-20(23)32-3)22-15(2)5-6-18-17(22)13-27-28-18/h4-6,11-14H,1,7-10H2,2-3H3,(H,27,28). The van der Waals surface area contributed by atoms with Crippen LogP contribution in [0.2, 0.25) is 0 Å². The molecule has 0 unspecified atom stereocenters. The van der Waals surface area contributed by atoms with Gasteiger partial charge in [0.15, 0.2) is 0 Å². The van der Waals surface area contributed by atoms with Crippen molar-refractivity contribution in [2.75, 3.05) is 38.2 Å². The quantitative estimate of drug-likeness (QED) is 0.502. The molecule has 5 rings (SSSR count). The van der Waals surface area contributed by atoms with E-state index < -0.39 is 0 Å². The zero-order valence-corrected chi connectivity index (χ0v) is 18.1. The number of hydrogen-bond acceptors (Lipinski definition) is 6. The average molecular weight is 428 g/mol. The third-order valence-electron chi connectivity index (χ3n) is 6.09. The lowest BCUT2D eigenvalue weighted by molar-refractivity contribution is -0.126. The van der Waals surface area contributed by atoms with Gasteiger partial charge in [-0.25, -0.2) is 9.97 Å². The first kappa shape index (κ1) is 20.0. The number of methoxy groups -OCH3 is 1. The topological polar surface area (TPSA) is 87.2 Å². The van der Waals surface area contributed by atoms with Crippen LogP contribution >= 0.6 is 0 Å². The number of nitrogens with one attached hydrogen (secondary N) is 1. The Balaban J connectivity index is 1.60. The van der Waals surface area contributed by atoms with E-state index in [2.05, 4.69) is 50.7 Å². The summed E-state index contributed by atoms with van der Waals surface area (Å²) in [4.78, 5) is 25.1. The molecule has 0 saturated carbocycles. The maximum Gasteiger partial charge on any atom is 0.246 e. The summed E-state index contributed by atoms with van der Waals surface area (Å²) in [5.41, 5.74) is 5.07. The van der Waals surface area contributed by atoms with Crippen LogP contribution in [0.4, 0.5) is 5.82 Å². The van der Waals surface area contributed by atoms with Gasteiger partial charge in [-0.2, -0.15) is 5.10 Å². The Morgan fingerprint density at radius 3 is 2.75 bits per heavy atom. The number of ether oxygens (including phenoxy) is 1. The largest absolute Gasteiger partial charge is 0.496 e. The van der Waals surface area contributed by atoms with E-state index in [1.54, 1.807) is 18.3 Å². The number of aromatic nitrogens is 4. The zero-order valence-electron chi connectivity index (χ0n) is 18.1. The molecule has 32 heavy (non-hydrogen) atoms. The molecule has 162 valence electrons. The van der Waals surface area contributed by atoms with Crippen LogP contribution in [-0.2, 0) is 4.79 Å². The summed E-state index contributed by atoms with van der Waals surface area (Å²) < 4.78 is 5.82. The van der Waals surface area contributed by atoms with Gasteiger partial charge < -0.3 is 14.5 Å². The monoisotopic (exact) mass is 428 g/mol. The van der Waals surface area contributed by atoms with E-state index in [1.807, 2.05) is 18.3 Å². The van der Waals surface area contributed by atoms with Gasteiger partial charge in [0.05, 0.1) is 29.7 Å². The highest BCUT2D eigenvalue weighted by Crippen LogP contribution is 2.39.